The zero-order valence-corrected chi connectivity index (χ0v) is 10.1. The van der Waals surface area contributed by atoms with Gasteiger partial charge in [0.1, 0.15) is 5.75 Å². The number of hydrogen-bond donors (Lipinski definition) is 0. The SMILES string of the molecule is CC#CCCC(=O)c1ccc(Cl)cc1OC. The maximum Gasteiger partial charge on any atom is 0.167 e. The number of halogens is 1. The number of ether oxygens (including phenoxy) is 1. The second kappa shape index (κ2) is 6.19. The minimum absolute atomic E-state index is 0.0243. The Bertz CT molecular complexity index is 441. The molecular formula is C13H13ClO2. The smallest absolute Gasteiger partial charge is 0.167 e. The molecule has 0 radical (unpaired) electrons. The molecule has 1 rings (SSSR count). The van der Waals surface area contributed by atoms with Gasteiger partial charge in [-0.2, -0.15) is 0 Å². The van der Waals surface area contributed by atoms with E-state index in [1.54, 1.807) is 25.1 Å². The summed E-state index contributed by atoms with van der Waals surface area (Å²) in [7, 11) is 1.52. The van der Waals surface area contributed by atoms with Crippen LogP contribution in [0.2, 0.25) is 5.02 Å². The maximum atomic E-state index is 11.8. The molecule has 0 spiro atoms. The quantitative estimate of drug-likeness (QED) is 0.592. The van der Waals surface area contributed by atoms with Gasteiger partial charge in [0.2, 0.25) is 0 Å². The molecule has 0 bridgehead atoms. The zero-order chi connectivity index (χ0) is 12.0. The van der Waals surface area contributed by atoms with E-state index in [0.29, 0.717) is 29.2 Å². The Labute approximate surface area is 101 Å². The lowest BCUT2D eigenvalue weighted by atomic mass is 10.1. The van der Waals surface area contributed by atoms with Crippen LogP contribution in [0.25, 0.3) is 0 Å². The lowest BCUT2D eigenvalue weighted by Crippen LogP contribution is -2.01. The average molecular weight is 237 g/mol. The first-order chi connectivity index (χ1) is 7.69. The Hall–Kier alpha value is -1.46. The molecule has 0 aliphatic heterocycles. The highest BCUT2D eigenvalue weighted by Crippen LogP contribution is 2.24. The van der Waals surface area contributed by atoms with Gasteiger partial charge in [0, 0.05) is 17.9 Å². The summed E-state index contributed by atoms with van der Waals surface area (Å²) < 4.78 is 5.11. The molecule has 1 aromatic carbocycles. The Balaban J connectivity index is 2.84. The van der Waals surface area contributed by atoms with Crippen molar-refractivity contribution in [1.29, 1.82) is 0 Å². The molecule has 0 aromatic heterocycles. The summed E-state index contributed by atoms with van der Waals surface area (Å²) in [5.74, 6) is 6.16. The van der Waals surface area contributed by atoms with E-state index in [4.69, 9.17) is 16.3 Å². The molecule has 0 unspecified atom stereocenters. The van der Waals surface area contributed by atoms with Crippen molar-refractivity contribution in [3.63, 3.8) is 0 Å². The van der Waals surface area contributed by atoms with Gasteiger partial charge < -0.3 is 4.74 Å². The van der Waals surface area contributed by atoms with Gasteiger partial charge in [0.25, 0.3) is 0 Å². The monoisotopic (exact) mass is 236 g/mol. The van der Waals surface area contributed by atoms with Crippen molar-refractivity contribution in [3.05, 3.63) is 28.8 Å². The van der Waals surface area contributed by atoms with Gasteiger partial charge in [-0.1, -0.05) is 11.6 Å². The van der Waals surface area contributed by atoms with Gasteiger partial charge in [0.05, 0.1) is 12.7 Å². The predicted octanol–water partition coefficient (Wildman–Crippen LogP) is 3.33. The van der Waals surface area contributed by atoms with Crippen molar-refractivity contribution in [2.75, 3.05) is 7.11 Å². The van der Waals surface area contributed by atoms with Crippen molar-refractivity contribution in [2.45, 2.75) is 19.8 Å². The summed E-state index contributed by atoms with van der Waals surface area (Å²) in [5, 5.41) is 0.557. The summed E-state index contributed by atoms with van der Waals surface area (Å²) in [5.41, 5.74) is 0.560. The van der Waals surface area contributed by atoms with E-state index in [9.17, 15) is 4.79 Å². The second-order valence-electron chi connectivity index (χ2n) is 3.19. The van der Waals surface area contributed by atoms with E-state index in [2.05, 4.69) is 11.8 Å². The van der Waals surface area contributed by atoms with Crippen LogP contribution in [0.15, 0.2) is 18.2 Å². The van der Waals surface area contributed by atoms with E-state index in [0.717, 1.165) is 0 Å². The Morgan fingerprint density at radius 3 is 2.88 bits per heavy atom. The van der Waals surface area contributed by atoms with E-state index >= 15 is 0 Å². The number of benzene rings is 1. The summed E-state index contributed by atoms with van der Waals surface area (Å²) in [6.45, 7) is 1.76. The van der Waals surface area contributed by atoms with Crippen LogP contribution in [0.3, 0.4) is 0 Å². The van der Waals surface area contributed by atoms with Crippen molar-refractivity contribution < 1.29 is 9.53 Å². The van der Waals surface area contributed by atoms with Crippen LogP contribution in [-0.2, 0) is 0 Å². The molecule has 0 aliphatic rings. The van der Waals surface area contributed by atoms with Gasteiger partial charge in [0.15, 0.2) is 5.78 Å². The summed E-state index contributed by atoms with van der Waals surface area (Å²) in [6, 6.07) is 5.01. The third-order valence-corrected chi connectivity index (χ3v) is 2.35. The van der Waals surface area contributed by atoms with Crippen LogP contribution in [0.5, 0.6) is 5.75 Å². The Kier molecular flexibility index (Phi) is 4.88. The summed E-state index contributed by atoms with van der Waals surface area (Å²) >= 11 is 5.81. The minimum Gasteiger partial charge on any atom is -0.496 e. The number of Topliss-reactive ketones (excluding diaryl/α,β-unsaturated/α-hetero) is 1. The fourth-order valence-electron chi connectivity index (χ4n) is 1.33. The molecule has 0 saturated carbocycles. The molecule has 0 amide bonds. The van der Waals surface area contributed by atoms with Gasteiger partial charge in [-0.25, -0.2) is 0 Å². The number of rotatable bonds is 4. The Morgan fingerprint density at radius 1 is 1.50 bits per heavy atom. The molecule has 0 heterocycles. The Morgan fingerprint density at radius 2 is 2.25 bits per heavy atom. The third-order valence-electron chi connectivity index (χ3n) is 2.12. The molecule has 2 nitrogen and oxygen atoms in total. The van der Waals surface area contributed by atoms with Crippen LogP contribution in [0.1, 0.15) is 30.1 Å². The molecule has 0 atom stereocenters. The van der Waals surface area contributed by atoms with Gasteiger partial charge in [-0.3, -0.25) is 4.79 Å². The molecule has 0 saturated heterocycles. The van der Waals surface area contributed by atoms with Crippen molar-refractivity contribution in [2.24, 2.45) is 0 Å². The van der Waals surface area contributed by atoms with Crippen molar-refractivity contribution >= 4 is 17.4 Å². The maximum absolute atomic E-state index is 11.8. The summed E-state index contributed by atoms with van der Waals surface area (Å²) in [4.78, 5) is 11.8. The molecule has 84 valence electrons. The van der Waals surface area contributed by atoms with E-state index in [1.165, 1.54) is 7.11 Å². The number of hydrogen-bond acceptors (Lipinski definition) is 2. The standard InChI is InChI=1S/C13H13ClO2/c1-3-4-5-6-12(15)11-8-7-10(14)9-13(11)16-2/h7-9H,5-6H2,1-2H3. The van der Waals surface area contributed by atoms with E-state index in [-0.39, 0.29) is 5.78 Å². The molecule has 3 heteroatoms. The minimum atomic E-state index is 0.0243. The fourth-order valence-corrected chi connectivity index (χ4v) is 1.49. The van der Waals surface area contributed by atoms with E-state index < -0.39 is 0 Å². The lowest BCUT2D eigenvalue weighted by molar-refractivity contribution is 0.0981. The molecule has 16 heavy (non-hydrogen) atoms. The van der Waals surface area contributed by atoms with E-state index in [1.807, 2.05) is 0 Å². The number of carbonyl (C=O) groups is 1. The predicted molar refractivity (Wildman–Crippen MR) is 65.0 cm³/mol. The fraction of sp³-hybridized carbons (Fsp3) is 0.308. The molecule has 0 fully saturated rings. The average Bonchev–Trinajstić information content (AvgIpc) is 2.29. The third kappa shape index (κ3) is 3.29. The topological polar surface area (TPSA) is 26.3 Å². The first-order valence-corrected chi connectivity index (χ1v) is 5.33. The normalized spacial score (nSPS) is 9.19. The first-order valence-electron chi connectivity index (χ1n) is 4.95. The molecular weight excluding hydrogens is 224 g/mol. The van der Waals surface area contributed by atoms with Crippen LogP contribution >= 0.6 is 11.6 Å². The van der Waals surface area contributed by atoms with Crippen LogP contribution < -0.4 is 4.74 Å². The second-order valence-corrected chi connectivity index (χ2v) is 3.63. The highest BCUT2D eigenvalue weighted by Gasteiger charge is 2.11. The van der Waals surface area contributed by atoms with Crippen LogP contribution in [-0.4, -0.2) is 12.9 Å². The van der Waals surface area contributed by atoms with Crippen LogP contribution in [0.4, 0.5) is 0 Å². The molecule has 1 aromatic rings. The lowest BCUT2D eigenvalue weighted by Gasteiger charge is -2.06. The van der Waals surface area contributed by atoms with Gasteiger partial charge in [-0.15, -0.1) is 11.8 Å². The molecule has 0 N–H and O–H groups in total. The highest BCUT2D eigenvalue weighted by atomic mass is 35.5. The summed E-state index contributed by atoms with van der Waals surface area (Å²) in [6.07, 6.45) is 0.972. The molecule has 0 aliphatic carbocycles. The van der Waals surface area contributed by atoms with Crippen molar-refractivity contribution in [3.8, 4) is 17.6 Å². The highest BCUT2D eigenvalue weighted by molar-refractivity contribution is 6.30. The number of carbonyl (C=O) groups excluding carboxylic acids is 1. The number of ketones is 1. The van der Waals surface area contributed by atoms with Gasteiger partial charge in [-0.05, 0) is 25.1 Å². The number of methoxy groups -OCH3 is 1. The van der Waals surface area contributed by atoms with Crippen molar-refractivity contribution in [1.82, 2.24) is 0 Å². The van der Waals surface area contributed by atoms with Gasteiger partial charge >= 0.3 is 0 Å². The van der Waals surface area contributed by atoms with Crippen LogP contribution in [0, 0.1) is 11.8 Å². The zero-order valence-electron chi connectivity index (χ0n) is 9.34. The largest absolute Gasteiger partial charge is 0.496 e. The first kappa shape index (κ1) is 12.6.